The number of likely N-dealkylation sites (tertiary alicyclic amines) is 1. The van der Waals surface area contributed by atoms with Crippen molar-refractivity contribution in [3.8, 4) is 0 Å². The maximum atomic E-state index is 12.2. The number of piperidine rings is 1. The molecule has 2 rings (SSSR count). The van der Waals surface area contributed by atoms with Crippen molar-refractivity contribution in [2.45, 2.75) is 31.8 Å². The fourth-order valence-electron chi connectivity index (χ4n) is 2.92. The van der Waals surface area contributed by atoms with Crippen LogP contribution >= 0.6 is 0 Å². The van der Waals surface area contributed by atoms with Gasteiger partial charge < -0.3 is 14.5 Å². The fraction of sp³-hybridized carbons (Fsp3) is 0.929. The standard InChI is InChI=1S/C14H27N3O2/c1-12-10-13(4-5-15(12)2)16(3)11-14(18)17-6-8-19-9-7-17/h12-13H,4-11H2,1-3H3/t12-,13+/m0/s1. The van der Waals surface area contributed by atoms with Gasteiger partial charge in [0.15, 0.2) is 0 Å². The zero-order chi connectivity index (χ0) is 13.8. The highest BCUT2D eigenvalue weighted by molar-refractivity contribution is 5.78. The van der Waals surface area contributed by atoms with Crippen molar-refractivity contribution >= 4 is 5.91 Å². The number of nitrogens with zero attached hydrogens (tertiary/aromatic N) is 3. The minimum Gasteiger partial charge on any atom is -0.378 e. The van der Waals surface area contributed by atoms with E-state index in [1.807, 2.05) is 4.90 Å². The van der Waals surface area contributed by atoms with Crippen molar-refractivity contribution in [1.82, 2.24) is 14.7 Å². The third kappa shape index (κ3) is 3.91. The quantitative estimate of drug-likeness (QED) is 0.736. The van der Waals surface area contributed by atoms with E-state index < -0.39 is 0 Å². The molecular weight excluding hydrogens is 242 g/mol. The molecule has 110 valence electrons. The highest BCUT2D eigenvalue weighted by atomic mass is 16.5. The smallest absolute Gasteiger partial charge is 0.236 e. The lowest BCUT2D eigenvalue weighted by Crippen LogP contribution is -2.50. The van der Waals surface area contributed by atoms with Gasteiger partial charge in [-0.15, -0.1) is 0 Å². The number of carbonyl (C=O) groups is 1. The molecule has 0 aromatic heterocycles. The van der Waals surface area contributed by atoms with Crippen LogP contribution in [0.2, 0.25) is 0 Å². The van der Waals surface area contributed by atoms with Gasteiger partial charge in [-0.3, -0.25) is 9.69 Å². The second-order valence-corrected chi connectivity index (χ2v) is 5.92. The Kier molecular flexibility index (Phi) is 5.19. The second kappa shape index (κ2) is 6.68. The zero-order valence-electron chi connectivity index (χ0n) is 12.5. The van der Waals surface area contributed by atoms with Crippen LogP contribution in [0.1, 0.15) is 19.8 Å². The largest absolute Gasteiger partial charge is 0.378 e. The summed E-state index contributed by atoms with van der Waals surface area (Å²) in [6.07, 6.45) is 2.32. The number of amides is 1. The molecule has 0 N–H and O–H groups in total. The van der Waals surface area contributed by atoms with Crippen LogP contribution in [0, 0.1) is 0 Å². The molecule has 2 atom stereocenters. The Labute approximate surface area is 116 Å². The molecule has 0 aliphatic carbocycles. The molecule has 0 bridgehead atoms. The minimum atomic E-state index is 0.248. The summed E-state index contributed by atoms with van der Waals surface area (Å²) in [6, 6.07) is 1.15. The van der Waals surface area contributed by atoms with Gasteiger partial charge in [0.25, 0.3) is 0 Å². The summed E-state index contributed by atoms with van der Waals surface area (Å²) in [6.45, 7) is 6.79. The van der Waals surface area contributed by atoms with Crippen LogP contribution < -0.4 is 0 Å². The number of carbonyl (C=O) groups excluding carboxylic acids is 1. The maximum absolute atomic E-state index is 12.2. The van der Waals surface area contributed by atoms with E-state index in [0.717, 1.165) is 32.5 Å². The molecule has 2 heterocycles. The van der Waals surface area contributed by atoms with Gasteiger partial charge in [-0.1, -0.05) is 0 Å². The first-order valence-corrected chi connectivity index (χ1v) is 7.34. The van der Waals surface area contributed by atoms with Crippen molar-refractivity contribution in [2.75, 3.05) is 53.5 Å². The average molecular weight is 269 g/mol. The molecule has 0 aromatic carbocycles. The number of hydrogen-bond donors (Lipinski definition) is 0. The first-order chi connectivity index (χ1) is 9.08. The lowest BCUT2D eigenvalue weighted by molar-refractivity contribution is -0.137. The molecule has 0 spiro atoms. The van der Waals surface area contributed by atoms with Crippen LogP contribution in [0.4, 0.5) is 0 Å². The Morgan fingerprint density at radius 2 is 2.00 bits per heavy atom. The minimum absolute atomic E-state index is 0.248. The normalized spacial score (nSPS) is 29.8. The highest BCUT2D eigenvalue weighted by Gasteiger charge is 2.27. The maximum Gasteiger partial charge on any atom is 0.236 e. The van der Waals surface area contributed by atoms with E-state index in [4.69, 9.17) is 4.74 Å². The van der Waals surface area contributed by atoms with Gasteiger partial charge >= 0.3 is 0 Å². The molecule has 2 aliphatic rings. The van der Waals surface area contributed by atoms with Gasteiger partial charge in [0, 0.05) is 25.2 Å². The lowest BCUT2D eigenvalue weighted by atomic mass is 9.98. The summed E-state index contributed by atoms with van der Waals surface area (Å²) in [5.74, 6) is 0.248. The molecular formula is C14H27N3O2. The Balaban J connectivity index is 1.79. The van der Waals surface area contributed by atoms with Crippen LogP contribution in [0.25, 0.3) is 0 Å². The van der Waals surface area contributed by atoms with Gasteiger partial charge in [0.2, 0.25) is 5.91 Å². The second-order valence-electron chi connectivity index (χ2n) is 5.92. The molecule has 19 heavy (non-hydrogen) atoms. The molecule has 0 aromatic rings. The van der Waals surface area contributed by atoms with Gasteiger partial charge in [0.05, 0.1) is 19.8 Å². The van der Waals surface area contributed by atoms with E-state index in [-0.39, 0.29) is 5.91 Å². The van der Waals surface area contributed by atoms with Crippen LogP contribution in [0.3, 0.4) is 0 Å². The molecule has 0 unspecified atom stereocenters. The predicted octanol–water partition coefficient (Wildman–Crippen LogP) is 0.260. The third-order valence-electron chi connectivity index (χ3n) is 4.55. The Morgan fingerprint density at radius 1 is 1.32 bits per heavy atom. The third-order valence-corrected chi connectivity index (χ3v) is 4.55. The van der Waals surface area contributed by atoms with Crippen LogP contribution in [0.5, 0.6) is 0 Å². The van der Waals surface area contributed by atoms with Crippen LogP contribution in [0.15, 0.2) is 0 Å². The van der Waals surface area contributed by atoms with Gasteiger partial charge in [0.1, 0.15) is 0 Å². The molecule has 1 amide bonds. The highest BCUT2D eigenvalue weighted by Crippen LogP contribution is 2.19. The number of likely N-dealkylation sites (N-methyl/N-ethyl adjacent to an activating group) is 1. The number of rotatable bonds is 3. The summed E-state index contributed by atoms with van der Waals surface area (Å²) in [5.41, 5.74) is 0. The summed E-state index contributed by atoms with van der Waals surface area (Å²) < 4.78 is 5.28. The zero-order valence-corrected chi connectivity index (χ0v) is 12.5. The molecule has 0 saturated carbocycles. The van der Waals surface area contributed by atoms with Crippen LogP contribution in [-0.2, 0) is 9.53 Å². The lowest BCUT2D eigenvalue weighted by Gasteiger charge is -2.39. The number of hydrogen-bond acceptors (Lipinski definition) is 4. The Hall–Kier alpha value is -0.650. The average Bonchev–Trinajstić information content (AvgIpc) is 2.42. The van der Waals surface area contributed by atoms with Crippen molar-refractivity contribution in [3.63, 3.8) is 0 Å². The summed E-state index contributed by atoms with van der Waals surface area (Å²) in [4.78, 5) is 18.8. The van der Waals surface area contributed by atoms with E-state index in [1.165, 1.54) is 0 Å². The fourth-order valence-corrected chi connectivity index (χ4v) is 2.92. The van der Waals surface area contributed by atoms with Crippen molar-refractivity contribution in [3.05, 3.63) is 0 Å². The number of ether oxygens (including phenoxy) is 1. The summed E-state index contributed by atoms with van der Waals surface area (Å²) in [5, 5.41) is 0. The van der Waals surface area contributed by atoms with Gasteiger partial charge in [-0.25, -0.2) is 0 Å². The van der Waals surface area contributed by atoms with Crippen LogP contribution in [-0.4, -0.2) is 86.2 Å². The number of morpholine rings is 1. The Bertz CT molecular complexity index is 305. The topological polar surface area (TPSA) is 36.0 Å². The molecule has 0 radical (unpaired) electrons. The molecule has 5 nitrogen and oxygen atoms in total. The van der Waals surface area contributed by atoms with E-state index in [0.29, 0.717) is 31.8 Å². The first kappa shape index (κ1) is 14.8. The van der Waals surface area contributed by atoms with Crippen molar-refractivity contribution < 1.29 is 9.53 Å². The first-order valence-electron chi connectivity index (χ1n) is 7.34. The van der Waals surface area contributed by atoms with E-state index in [9.17, 15) is 4.79 Å². The van der Waals surface area contributed by atoms with E-state index >= 15 is 0 Å². The SMILES string of the molecule is C[C@H]1C[C@H](N(C)CC(=O)N2CCOCC2)CCN1C. The van der Waals surface area contributed by atoms with Crippen molar-refractivity contribution in [1.29, 1.82) is 0 Å². The van der Waals surface area contributed by atoms with Gasteiger partial charge in [-0.2, -0.15) is 0 Å². The molecule has 2 fully saturated rings. The molecule has 2 saturated heterocycles. The van der Waals surface area contributed by atoms with E-state index in [1.54, 1.807) is 0 Å². The molecule has 2 aliphatic heterocycles. The van der Waals surface area contributed by atoms with Gasteiger partial charge in [-0.05, 0) is 40.4 Å². The predicted molar refractivity (Wildman–Crippen MR) is 75.1 cm³/mol. The van der Waals surface area contributed by atoms with Crippen molar-refractivity contribution in [2.24, 2.45) is 0 Å². The molecule has 5 heteroatoms. The monoisotopic (exact) mass is 269 g/mol. The van der Waals surface area contributed by atoms with E-state index in [2.05, 4.69) is 30.8 Å². The summed E-state index contributed by atoms with van der Waals surface area (Å²) in [7, 11) is 4.26. The summed E-state index contributed by atoms with van der Waals surface area (Å²) >= 11 is 0. The Morgan fingerprint density at radius 3 is 2.63 bits per heavy atom.